The van der Waals surface area contributed by atoms with Crippen molar-refractivity contribution < 1.29 is 9.53 Å². The molecule has 3 aromatic rings. The summed E-state index contributed by atoms with van der Waals surface area (Å²) < 4.78 is 6.76. The molecule has 4 rings (SSSR count). The van der Waals surface area contributed by atoms with Crippen LogP contribution in [0.25, 0.3) is 10.8 Å². The van der Waals surface area contributed by atoms with Crippen molar-refractivity contribution in [3.8, 4) is 0 Å². The Balaban J connectivity index is 1.73. The van der Waals surface area contributed by atoms with Crippen molar-refractivity contribution in [2.45, 2.75) is 19.0 Å². The molecule has 0 spiro atoms. The van der Waals surface area contributed by atoms with Gasteiger partial charge in [0.1, 0.15) is 0 Å². The molecule has 1 fully saturated rings. The maximum absolute atomic E-state index is 13.0. The van der Waals surface area contributed by atoms with Gasteiger partial charge in [0, 0.05) is 35.9 Å². The third-order valence-electron chi connectivity index (χ3n) is 6.09. The van der Waals surface area contributed by atoms with Gasteiger partial charge in [-0.3, -0.25) is 9.59 Å². The molecule has 0 unspecified atom stereocenters. The van der Waals surface area contributed by atoms with Crippen molar-refractivity contribution in [2.75, 3.05) is 32.1 Å². The summed E-state index contributed by atoms with van der Waals surface area (Å²) in [6.07, 6.45) is 3.12. The van der Waals surface area contributed by atoms with Crippen LogP contribution in [0, 0.1) is 6.92 Å². The van der Waals surface area contributed by atoms with Crippen LogP contribution < -0.4 is 10.9 Å². The van der Waals surface area contributed by atoms with Gasteiger partial charge >= 0.3 is 0 Å². The molecule has 1 amide bonds. The van der Waals surface area contributed by atoms with Crippen molar-refractivity contribution in [2.24, 2.45) is 0 Å². The Kier molecular flexibility index (Phi) is 6.09. The van der Waals surface area contributed by atoms with Gasteiger partial charge in [0.2, 0.25) is 5.91 Å². The van der Waals surface area contributed by atoms with Crippen LogP contribution in [0.5, 0.6) is 0 Å². The van der Waals surface area contributed by atoms with E-state index in [1.54, 1.807) is 22.8 Å². The third kappa shape index (κ3) is 3.92. The van der Waals surface area contributed by atoms with Gasteiger partial charge in [-0.25, -0.2) is 0 Å². The van der Waals surface area contributed by atoms with Crippen LogP contribution in [-0.2, 0) is 21.6 Å². The number of carbonyl (C=O) groups is 1. The van der Waals surface area contributed by atoms with Gasteiger partial charge in [0.15, 0.2) is 0 Å². The molecule has 2 heterocycles. The Bertz CT molecular complexity index is 1240. The summed E-state index contributed by atoms with van der Waals surface area (Å²) in [6.45, 7) is 7.49. The molecule has 166 valence electrons. The van der Waals surface area contributed by atoms with Crippen LogP contribution in [0.15, 0.2) is 66.1 Å². The molecule has 1 saturated heterocycles. The maximum Gasteiger partial charge on any atom is 0.258 e. The fraction of sp³-hybridized carbons (Fsp3) is 0.280. The minimum absolute atomic E-state index is 0.0618. The first kappa shape index (κ1) is 22.1. The Morgan fingerprint density at radius 2 is 2.06 bits per heavy atom. The highest BCUT2D eigenvalue weighted by Crippen LogP contribution is 2.39. The number of nitrogens with one attached hydrogen (secondary N) is 1. The normalized spacial score (nSPS) is 14.8. The number of methoxy groups -OCH3 is 1. The molecule has 6 nitrogen and oxygen atoms in total. The van der Waals surface area contributed by atoms with Crippen molar-refractivity contribution in [1.82, 2.24) is 9.47 Å². The van der Waals surface area contributed by atoms with Crippen LogP contribution in [0.2, 0.25) is 5.02 Å². The minimum atomic E-state index is -0.509. The van der Waals surface area contributed by atoms with Gasteiger partial charge < -0.3 is 19.5 Å². The Morgan fingerprint density at radius 1 is 1.28 bits per heavy atom. The monoisotopic (exact) mass is 451 g/mol. The number of ether oxygens (including phenoxy) is 1. The van der Waals surface area contributed by atoms with Crippen molar-refractivity contribution >= 4 is 34.0 Å². The fourth-order valence-electron chi connectivity index (χ4n) is 4.33. The molecule has 0 atom stereocenters. The Morgan fingerprint density at radius 3 is 2.78 bits per heavy atom. The van der Waals surface area contributed by atoms with Gasteiger partial charge in [-0.1, -0.05) is 36.4 Å². The lowest BCUT2D eigenvalue weighted by Crippen LogP contribution is -2.65. The molecule has 0 bridgehead atoms. The molecule has 0 saturated carbocycles. The first-order valence-electron chi connectivity index (χ1n) is 10.5. The second-order valence-electron chi connectivity index (χ2n) is 8.13. The summed E-state index contributed by atoms with van der Waals surface area (Å²) in [5.74, 6) is -0.110. The second kappa shape index (κ2) is 8.81. The molecule has 1 N–H and O–H groups in total. The lowest BCUT2D eigenvalue weighted by molar-refractivity contribution is -0.132. The standard InChI is InChI=1S/C25H26ClN3O3/c1-4-23(30)29-15-25(16-29,21-6-5-7-22(26)17(21)2)27-19-9-8-18-10-11-28(12-13-32-3)24(31)20(18)14-19/h4-11,14,27H,1,12-13,15-16H2,2-3H3. The number of hydrogen-bond donors (Lipinski definition) is 1. The van der Waals surface area contributed by atoms with E-state index >= 15 is 0 Å². The smallest absolute Gasteiger partial charge is 0.258 e. The summed E-state index contributed by atoms with van der Waals surface area (Å²) in [5, 5.41) is 5.79. The lowest BCUT2D eigenvalue weighted by atomic mass is 9.79. The summed E-state index contributed by atoms with van der Waals surface area (Å²) in [4.78, 5) is 26.9. The number of carbonyl (C=O) groups excluding carboxylic acids is 1. The molecule has 7 heteroatoms. The molecule has 0 radical (unpaired) electrons. The molecule has 1 aliphatic rings. The van der Waals surface area contributed by atoms with E-state index in [4.69, 9.17) is 16.3 Å². The number of rotatable bonds is 7. The number of aromatic nitrogens is 1. The number of amides is 1. The molecule has 1 aromatic heterocycles. The average Bonchev–Trinajstić information content (AvgIpc) is 2.77. The first-order valence-corrected chi connectivity index (χ1v) is 10.8. The van der Waals surface area contributed by atoms with E-state index in [9.17, 15) is 9.59 Å². The fourth-order valence-corrected chi connectivity index (χ4v) is 4.51. The highest BCUT2D eigenvalue weighted by molar-refractivity contribution is 6.31. The number of halogens is 1. The van der Waals surface area contributed by atoms with Crippen molar-refractivity contribution in [3.63, 3.8) is 0 Å². The second-order valence-corrected chi connectivity index (χ2v) is 8.53. The van der Waals surface area contributed by atoms with Gasteiger partial charge in [-0.2, -0.15) is 0 Å². The highest BCUT2D eigenvalue weighted by Gasteiger charge is 2.47. The predicted octanol–water partition coefficient (Wildman–Crippen LogP) is 3.95. The number of pyridine rings is 1. The Hall–Kier alpha value is -3.09. The summed E-state index contributed by atoms with van der Waals surface area (Å²) >= 11 is 6.41. The molecular formula is C25H26ClN3O3. The summed E-state index contributed by atoms with van der Waals surface area (Å²) in [6, 6.07) is 13.5. The number of likely N-dealkylation sites (tertiary alicyclic amines) is 1. The third-order valence-corrected chi connectivity index (χ3v) is 6.50. The SMILES string of the molecule is C=CC(=O)N1CC(Nc2ccc3ccn(CCOC)c(=O)c3c2)(c2cccc(Cl)c2C)C1. The molecule has 0 aliphatic carbocycles. The summed E-state index contributed by atoms with van der Waals surface area (Å²) in [5.41, 5.74) is 2.24. The van der Waals surface area contributed by atoms with E-state index in [1.165, 1.54) is 6.08 Å². The molecule has 1 aliphatic heterocycles. The van der Waals surface area contributed by atoms with Gasteiger partial charge in [-0.15, -0.1) is 0 Å². The van der Waals surface area contributed by atoms with Crippen molar-refractivity contribution in [3.05, 3.63) is 87.8 Å². The zero-order chi connectivity index (χ0) is 22.9. The molecule has 2 aromatic carbocycles. The van der Waals surface area contributed by atoms with Crippen LogP contribution in [-0.4, -0.2) is 42.2 Å². The average molecular weight is 452 g/mol. The number of fused-ring (bicyclic) bond motifs is 1. The minimum Gasteiger partial charge on any atom is -0.383 e. The number of hydrogen-bond acceptors (Lipinski definition) is 4. The van der Waals surface area contributed by atoms with Gasteiger partial charge in [0.25, 0.3) is 5.56 Å². The van der Waals surface area contributed by atoms with Gasteiger partial charge in [-0.05, 0) is 53.8 Å². The predicted molar refractivity (Wildman–Crippen MR) is 128 cm³/mol. The van der Waals surface area contributed by atoms with Crippen molar-refractivity contribution in [1.29, 1.82) is 0 Å². The Labute approximate surface area is 192 Å². The quantitative estimate of drug-likeness (QED) is 0.552. The highest BCUT2D eigenvalue weighted by atomic mass is 35.5. The lowest BCUT2D eigenvalue weighted by Gasteiger charge is -2.51. The number of nitrogens with zero attached hydrogens (tertiary/aromatic N) is 2. The van der Waals surface area contributed by atoms with Crippen LogP contribution in [0.4, 0.5) is 5.69 Å². The van der Waals surface area contributed by atoms with Gasteiger partial charge in [0.05, 0.1) is 25.2 Å². The number of benzene rings is 2. The number of anilines is 1. The summed E-state index contributed by atoms with van der Waals surface area (Å²) in [7, 11) is 1.62. The van der Waals surface area contributed by atoms with Crippen LogP contribution in [0.1, 0.15) is 11.1 Å². The van der Waals surface area contributed by atoms with E-state index in [2.05, 4.69) is 11.9 Å². The van der Waals surface area contributed by atoms with E-state index in [1.807, 2.05) is 49.4 Å². The van der Waals surface area contributed by atoms with E-state index in [-0.39, 0.29) is 11.5 Å². The van der Waals surface area contributed by atoms with Crippen LogP contribution >= 0.6 is 11.6 Å². The maximum atomic E-state index is 13.0. The molecular weight excluding hydrogens is 426 g/mol. The topological polar surface area (TPSA) is 63.6 Å². The van der Waals surface area contributed by atoms with E-state index in [0.717, 1.165) is 22.2 Å². The zero-order valence-electron chi connectivity index (χ0n) is 18.2. The van der Waals surface area contributed by atoms with E-state index in [0.29, 0.717) is 36.7 Å². The first-order chi connectivity index (χ1) is 15.4. The molecule has 32 heavy (non-hydrogen) atoms. The van der Waals surface area contributed by atoms with E-state index < -0.39 is 5.54 Å². The zero-order valence-corrected chi connectivity index (χ0v) is 19.0. The van der Waals surface area contributed by atoms with Crippen LogP contribution in [0.3, 0.4) is 0 Å². The largest absolute Gasteiger partial charge is 0.383 e.